The number of fused-ring (bicyclic) bond motifs is 1. The number of ether oxygens (including phenoxy) is 1. The van der Waals surface area contributed by atoms with Crippen LogP contribution in [0.4, 0.5) is 0 Å². The Labute approximate surface area is 172 Å². The highest BCUT2D eigenvalue weighted by Gasteiger charge is 2.31. The van der Waals surface area contributed by atoms with Crippen LogP contribution in [0.15, 0.2) is 71.6 Å². The van der Waals surface area contributed by atoms with Crippen LogP contribution in [0.25, 0.3) is 6.08 Å². The molecule has 0 radical (unpaired) electrons. The van der Waals surface area contributed by atoms with E-state index in [1.54, 1.807) is 37.5 Å². The van der Waals surface area contributed by atoms with Gasteiger partial charge in [-0.25, -0.2) is 0 Å². The molecule has 1 aromatic heterocycles. The minimum Gasteiger partial charge on any atom is -0.452 e. The van der Waals surface area contributed by atoms with Gasteiger partial charge in [0.25, 0.3) is 0 Å². The van der Waals surface area contributed by atoms with Crippen LogP contribution in [0.3, 0.4) is 0 Å². The van der Waals surface area contributed by atoms with Crippen LogP contribution in [0.1, 0.15) is 21.5 Å². The Bertz CT molecular complexity index is 1240. The molecular weight excluding hydrogens is 414 g/mol. The summed E-state index contributed by atoms with van der Waals surface area (Å²) in [5.74, 6) is 0.139. The van der Waals surface area contributed by atoms with Crippen molar-refractivity contribution in [1.82, 2.24) is 4.98 Å². The zero-order valence-corrected chi connectivity index (χ0v) is 16.7. The minimum absolute atomic E-state index is 0.0331. The average molecular weight is 428 g/mol. The van der Waals surface area contributed by atoms with Gasteiger partial charge < -0.3 is 8.92 Å². The number of aryl methyl sites for hydroxylation is 1. The predicted octanol–water partition coefficient (Wildman–Crippen LogP) is 4.43. The first-order chi connectivity index (χ1) is 13.8. The molecule has 146 valence electrons. The molecule has 8 heteroatoms. The third-order valence-electron chi connectivity index (χ3n) is 4.23. The van der Waals surface area contributed by atoms with Crippen molar-refractivity contribution in [2.24, 2.45) is 0 Å². The Morgan fingerprint density at radius 2 is 1.90 bits per heavy atom. The Morgan fingerprint density at radius 3 is 2.59 bits per heavy atom. The summed E-state index contributed by atoms with van der Waals surface area (Å²) >= 11 is 5.80. The number of Topliss-reactive ketones (excluding diaryl/α,β-unsaturated/α-hetero) is 1. The maximum Gasteiger partial charge on any atom is 0.339 e. The molecule has 0 N–H and O–H groups in total. The maximum absolute atomic E-state index is 12.7. The fraction of sp³-hybridized carbons (Fsp3) is 0.0476. The van der Waals surface area contributed by atoms with Crippen molar-refractivity contribution in [1.29, 1.82) is 0 Å². The van der Waals surface area contributed by atoms with Gasteiger partial charge in [-0.1, -0.05) is 17.7 Å². The average Bonchev–Trinajstić information content (AvgIpc) is 2.98. The predicted molar refractivity (Wildman–Crippen MR) is 108 cm³/mol. The van der Waals surface area contributed by atoms with E-state index in [4.69, 9.17) is 20.5 Å². The minimum atomic E-state index is -4.06. The highest BCUT2D eigenvalue weighted by molar-refractivity contribution is 7.87. The van der Waals surface area contributed by atoms with Crippen LogP contribution in [0, 0.1) is 6.92 Å². The van der Waals surface area contributed by atoms with Crippen molar-refractivity contribution in [2.45, 2.75) is 11.8 Å². The Kier molecular flexibility index (Phi) is 4.86. The molecule has 29 heavy (non-hydrogen) atoms. The van der Waals surface area contributed by atoms with E-state index in [9.17, 15) is 13.2 Å². The van der Waals surface area contributed by atoms with E-state index in [-0.39, 0.29) is 27.9 Å². The normalized spacial score (nSPS) is 14.6. The molecule has 2 heterocycles. The molecule has 0 fully saturated rings. The van der Waals surface area contributed by atoms with Gasteiger partial charge in [0, 0.05) is 23.5 Å². The topological polar surface area (TPSA) is 82.6 Å². The van der Waals surface area contributed by atoms with Gasteiger partial charge in [-0.3, -0.25) is 9.78 Å². The van der Waals surface area contributed by atoms with Crippen molar-refractivity contribution in [2.75, 3.05) is 0 Å². The van der Waals surface area contributed by atoms with E-state index in [1.165, 1.54) is 36.4 Å². The Balaban J connectivity index is 1.65. The lowest BCUT2D eigenvalue weighted by Gasteiger charge is -2.09. The van der Waals surface area contributed by atoms with Gasteiger partial charge in [-0.15, -0.1) is 0 Å². The van der Waals surface area contributed by atoms with E-state index in [2.05, 4.69) is 4.98 Å². The van der Waals surface area contributed by atoms with E-state index in [0.717, 1.165) is 0 Å². The molecule has 0 saturated heterocycles. The third-order valence-corrected chi connectivity index (χ3v) is 5.75. The SMILES string of the molecule is Cc1cc(OS(=O)(=O)c2ccc(Cl)cc2)cc2c1C(=O)/C(=C/c1cccnc1)O2. The second kappa shape index (κ2) is 7.35. The Morgan fingerprint density at radius 1 is 1.14 bits per heavy atom. The first-order valence-electron chi connectivity index (χ1n) is 8.52. The van der Waals surface area contributed by atoms with Gasteiger partial charge in [0.1, 0.15) is 16.4 Å². The van der Waals surface area contributed by atoms with Gasteiger partial charge in [0.2, 0.25) is 5.78 Å². The summed E-state index contributed by atoms with van der Waals surface area (Å²) in [5.41, 5.74) is 1.63. The molecule has 0 aliphatic carbocycles. The number of allylic oxidation sites excluding steroid dienone is 1. The van der Waals surface area contributed by atoms with Crippen LogP contribution in [-0.4, -0.2) is 19.2 Å². The number of aromatic nitrogens is 1. The van der Waals surface area contributed by atoms with Gasteiger partial charge in [-0.2, -0.15) is 8.42 Å². The number of pyridine rings is 1. The van der Waals surface area contributed by atoms with Gasteiger partial charge >= 0.3 is 10.1 Å². The number of rotatable bonds is 4. The standard InChI is InChI=1S/C21H14ClNO5S/c1-13-9-16(28-29(25,26)17-6-4-15(22)5-7-17)11-18-20(13)21(24)19(27-18)10-14-3-2-8-23-12-14/h2-12H,1H3/b19-10-. The van der Waals surface area contributed by atoms with Crippen molar-refractivity contribution in [3.05, 3.63) is 88.4 Å². The van der Waals surface area contributed by atoms with Gasteiger partial charge in [0.15, 0.2) is 5.76 Å². The van der Waals surface area contributed by atoms with Crippen LogP contribution < -0.4 is 8.92 Å². The molecule has 1 aliphatic heterocycles. The zero-order chi connectivity index (χ0) is 20.6. The zero-order valence-electron chi connectivity index (χ0n) is 15.1. The van der Waals surface area contributed by atoms with Gasteiger partial charge in [-0.05, 0) is 60.5 Å². The second-order valence-electron chi connectivity index (χ2n) is 6.33. The molecule has 4 rings (SSSR count). The van der Waals surface area contributed by atoms with E-state index in [0.29, 0.717) is 21.7 Å². The number of ketones is 1. The summed E-state index contributed by atoms with van der Waals surface area (Å²) in [6, 6.07) is 12.0. The molecule has 0 unspecified atom stereocenters. The number of carbonyl (C=O) groups is 1. The number of carbonyl (C=O) groups excluding carboxylic acids is 1. The number of halogens is 1. The highest BCUT2D eigenvalue weighted by atomic mass is 35.5. The lowest BCUT2D eigenvalue weighted by molar-refractivity contribution is 0.101. The van der Waals surface area contributed by atoms with Crippen molar-refractivity contribution < 1.29 is 22.1 Å². The Hall–Kier alpha value is -3.16. The lowest BCUT2D eigenvalue weighted by Crippen LogP contribution is -2.10. The second-order valence-corrected chi connectivity index (χ2v) is 8.31. The molecule has 3 aromatic rings. The van der Waals surface area contributed by atoms with Crippen molar-refractivity contribution in [3.8, 4) is 11.5 Å². The third kappa shape index (κ3) is 3.87. The van der Waals surface area contributed by atoms with Crippen LogP contribution in [0.2, 0.25) is 5.02 Å². The highest BCUT2D eigenvalue weighted by Crippen LogP contribution is 2.38. The monoisotopic (exact) mass is 427 g/mol. The van der Waals surface area contributed by atoms with Crippen LogP contribution in [-0.2, 0) is 10.1 Å². The molecule has 0 spiro atoms. The number of hydrogen-bond acceptors (Lipinski definition) is 6. The maximum atomic E-state index is 12.7. The van der Waals surface area contributed by atoms with Gasteiger partial charge in [0.05, 0.1) is 5.56 Å². The summed E-state index contributed by atoms with van der Waals surface area (Å²) in [4.78, 5) is 16.7. The molecule has 0 saturated carbocycles. The molecule has 0 bridgehead atoms. The van der Waals surface area contributed by atoms with E-state index in [1.807, 2.05) is 0 Å². The first kappa shape index (κ1) is 19.2. The fourth-order valence-corrected chi connectivity index (χ4v) is 3.96. The molecule has 1 aliphatic rings. The fourth-order valence-electron chi connectivity index (χ4n) is 2.91. The summed E-state index contributed by atoms with van der Waals surface area (Å²) < 4.78 is 35.9. The van der Waals surface area contributed by atoms with E-state index >= 15 is 0 Å². The van der Waals surface area contributed by atoms with Crippen molar-refractivity contribution in [3.63, 3.8) is 0 Å². The number of nitrogens with zero attached hydrogens (tertiary/aromatic N) is 1. The molecule has 0 amide bonds. The molecule has 6 nitrogen and oxygen atoms in total. The quantitative estimate of drug-likeness (QED) is 0.452. The smallest absolute Gasteiger partial charge is 0.339 e. The summed E-state index contributed by atoms with van der Waals surface area (Å²) in [6.07, 6.45) is 4.81. The van der Waals surface area contributed by atoms with Crippen LogP contribution >= 0.6 is 11.6 Å². The van der Waals surface area contributed by atoms with E-state index < -0.39 is 10.1 Å². The number of hydrogen-bond donors (Lipinski definition) is 0. The largest absolute Gasteiger partial charge is 0.452 e. The molecular formula is C21H14ClNO5S. The molecule has 0 atom stereocenters. The summed E-state index contributed by atoms with van der Waals surface area (Å²) in [6.45, 7) is 1.69. The number of benzene rings is 2. The van der Waals surface area contributed by atoms with Crippen LogP contribution in [0.5, 0.6) is 11.5 Å². The lowest BCUT2D eigenvalue weighted by atomic mass is 10.0. The van der Waals surface area contributed by atoms with Crippen molar-refractivity contribution >= 4 is 33.6 Å². The summed E-state index contributed by atoms with van der Waals surface area (Å²) in [7, 11) is -4.06. The molecule has 2 aromatic carbocycles. The summed E-state index contributed by atoms with van der Waals surface area (Å²) in [5, 5.41) is 0.414. The first-order valence-corrected chi connectivity index (χ1v) is 10.3.